The van der Waals surface area contributed by atoms with E-state index in [1.165, 1.54) is 0 Å². The average Bonchev–Trinajstić information content (AvgIpc) is 3.21. The number of fused-ring (bicyclic) bond motifs is 2. The number of anilines is 3. The molecule has 0 radical (unpaired) electrons. The van der Waals surface area contributed by atoms with Crippen LogP contribution in [0.25, 0.3) is 10.9 Å². The second kappa shape index (κ2) is 7.90. The number of carbonyl (C=O) groups excluding carboxylic acids is 1. The first-order valence-electron chi connectivity index (χ1n) is 9.92. The summed E-state index contributed by atoms with van der Waals surface area (Å²) in [5.41, 5.74) is 2.53. The van der Waals surface area contributed by atoms with Crippen molar-refractivity contribution < 1.29 is 4.79 Å². The molecule has 0 saturated heterocycles. The third-order valence-electron chi connectivity index (χ3n) is 5.11. The van der Waals surface area contributed by atoms with Crippen molar-refractivity contribution in [2.24, 2.45) is 0 Å². The predicted octanol–water partition coefficient (Wildman–Crippen LogP) is 1.90. The van der Waals surface area contributed by atoms with E-state index < -0.39 is 0 Å². The van der Waals surface area contributed by atoms with Gasteiger partial charge in [0, 0.05) is 24.8 Å². The number of nitrogens with zero attached hydrogens (tertiary/aromatic N) is 5. The zero-order valence-electron chi connectivity index (χ0n) is 16.8. The van der Waals surface area contributed by atoms with Crippen LogP contribution >= 0.6 is 0 Å². The highest BCUT2D eigenvalue weighted by atomic mass is 16.1. The summed E-state index contributed by atoms with van der Waals surface area (Å²) in [5.74, 6) is 1.77. The lowest BCUT2D eigenvalue weighted by Crippen LogP contribution is -2.40. The number of hydrogen-bond donors (Lipinski definition) is 4. The summed E-state index contributed by atoms with van der Waals surface area (Å²) in [6, 6.07) is 13.6. The van der Waals surface area contributed by atoms with Gasteiger partial charge in [-0.15, -0.1) is 5.10 Å². The number of benzene rings is 1. The van der Waals surface area contributed by atoms with Gasteiger partial charge in [-0.3, -0.25) is 9.78 Å². The van der Waals surface area contributed by atoms with Crippen LogP contribution < -0.4 is 21.3 Å². The number of amides is 1. The molecule has 1 aromatic carbocycles. The van der Waals surface area contributed by atoms with E-state index in [4.69, 9.17) is 0 Å². The molecule has 4 N–H and O–H groups in total. The van der Waals surface area contributed by atoms with Crippen molar-refractivity contribution in [3.63, 3.8) is 0 Å². The minimum atomic E-state index is -0.205. The molecule has 1 atom stereocenters. The van der Waals surface area contributed by atoms with Gasteiger partial charge in [0.2, 0.25) is 0 Å². The minimum Gasteiger partial charge on any atom is -0.362 e. The van der Waals surface area contributed by atoms with Crippen LogP contribution in [0.5, 0.6) is 0 Å². The Hall–Kier alpha value is -4.21. The summed E-state index contributed by atoms with van der Waals surface area (Å²) in [4.78, 5) is 20.8. The monoisotopic (exact) mass is 415 g/mol. The standard InChI is InChI=1S/C21H21N9O/c1-22-21(31)15-5-3-9-24-18(15)26-17-11-25-19-20(27-17)30(29-28-19)12-13-6-7-16-14(10-13)4-2-8-23-16/h2-10,17,25,27H,11-12H2,1H3,(H,22,31)(H,24,26). The van der Waals surface area contributed by atoms with Gasteiger partial charge in [0.25, 0.3) is 5.91 Å². The zero-order chi connectivity index (χ0) is 21.2. The Labute approximate surface area is 178 Å². The molecule has 5 rings (SSSR count). The van der Waals surface area contributed by atoms with E-state index >= 15 is 0 Å². The maximum atomic E-state index is 12.1. The SMILES string of the molecule is CNC(=O)c1cccnc1NC1CNc2nnn(Cc3ccc4ncccc4c3)c2N1. The van der Waals surface area contributed by atoms with Crippen molar-refractivity contribution >= 4 is 34.3 Å². The molecule has 156 valence electrons. The van der Waals surface area contributed by atoms with Crippen LogP contribution in [0.3, 0.4) is 0 Å². The van der Waals surface area contributed by atoms with E-state index in [-0.39, 0.29) is 12.1 Å². The quantitative estimate of drug-likeness (QED) is 0.390. The third kappa shape index (κ3) is 3.70. The lowest BCUT2D eigenvalue weighted by Gasteiger charge is -2.27. The first kappa shape index (κ1) is 18.8. The van der Waals surface area contributed by atoms with Crippen molar-refractivity contribution in [3.05, 3.63) is 66.0 Å². The molecule has 1 aliphatic heterocycles. The molecule has 10 nitrogen and oxygen atoms in total. The summed E-state index contributed by atoms with van der Waals surface area (Å²) in [6.45, 7) is 1.11. The minimum absolute atomic E-state index is 0.197. The Morgan fingerprint density at radius 1 is 1.19 bits per heavy atom. The largest absolute Gasteiger partial charge is 0.362 e. The maximum Gasteiger partial charge on any atom is 0.254 e. The molecule has 4 heterocycles. The summed E-state index contributed by atoms with van der Waals surface area (Å²) >= 11 is 0. The van der Waals surface area contributed by atoms with Crippen LogP contribution in [0, 0.1) is 0 Å². The molecule has 1 amide bonds. The Morgan fingerprint density at radius 2 is 2.06 bits per heavy atom. The summed E-state index contributed by atoms with van der Waals surface area (Å²) < 4.78 is 1.81. The summed E-state index contributed by atoms with van der Waals surface area (Å²) in [6.07, 6.45) is 3.23. The first-order chi connectivity index (χ1) is 15.2. The highest BCUT2D eigenvalue weighted by molar-refractivity contribution is 5.98. The molecule has 4 aromatic rings. The van der Waals surface area contributed by atoms with Crippen LogP contribution in [0.1, 0.15) is 15.9 Å². The van der Waals surface area contributed by atoms with Crippen molar-refractivity contribution in [1.29, 1.82) is 0 Å². The van der Waals surface area contributed by atoms with E-state index in [0.717, 1.165) is 22.3 Å². The lowest BCUT2D eigenvalue weighted by molar-refractivity contribution is 0.0963. The molecular formula is C21H21N9O. The smallest absolute Gasteiger partial charge is 0.254 e. The zero-order valence-corrected chi connectivity index (χ0v) is 16.8. The highest BCUT2D eigenvalue weighted by Gasteiger charge is 2.24. The van der Waals surface area contributed by atoms with E-state index in [1.54, 1.807) is 31.6 Å². The van der Waals surface area contributed by atoms with Crippen LogP contribution in [0.15, 0.2) is 54.9 Å². The van der Waals surface area contributed by atoms with Gasteiger partial charge >= 0.3 is 0 Å². The van der Waals surface area contributed by atoms with Gasteiger partial charge in [-0.2, -0.15) is 0 Å². The Kier molecular flexibility index (Phi) is 4.79. The second-order valence-corrected chi connectivity index (χ2v) is 7.18. The van der Waals surface area contributed by atoms with Gasteiger partial charge in [0.1, 0.15) is 12.0 Å². The van der Waals surface area contributed by atoms with Gasteiger partial charge in [-0.05, 0) is 35.9 Å². The van der Waals surface area contributed by atoms with Gasteiger partial charge in [-0.25, -0.2) is 9.67 Å². The van der Waals surface area contributed by atoms with Gasteiger partial charge in [-0.1, -0.05) is 17.3 Å². The summed E-state index contributed by atoms with van der Waals surface area (Å²) in [5, 5.41) is 22.2. The van der Waals surface area contributed by atoms with Crippen LogP contribution in [-0.2, 0) is 6.54 Å². The van der Waals surface area contributed by atoms with Gasteiger partial charge < -0.3 is 21.3 Å². The number of aromatic nitrogens is 5. The number of nitrogens with one attached hydrogen (secondary N) is 4. The number of pyridine rings is 2. The van der Waals surface area contributed by atoms with E-state index in [1.807, 2.05) is 28.9 Å². The first-order valence-corrected chi connectivity index (χ1v) is 9.92. The van der Waals surface area contributed by atoms with Crippen molar-refractivity contribution in [2.75, 3.05) is 29.5 Å². The fourth-order valence-corrected chi connectivity index (χ4v) is 3.59. The molecule has 0 fully saturated rings. The fraction of sp³-hybridized carbons (Fsp3) is 0.190. The molecule has 1 aliphatic rings. The Bertz CT molecular complexity index is 1250. The topological polar surface area (TPSA) is 122 Å². The van der Waals surface area contributed by atoms with Crippen LogP contribution in [0.4, 0.5) is 17.5 Å². The van der Waals surface area contributed by atoms with E-state index in [9.17, 15) is 4.79 Å². The van der Waals surface area contributed by atoms with Crippen LogP contribution in [-0.4, -0.2) is 50.6 Å². The van der Waals surface area contributed by atoms with Gasteiger partial charge in [0.15, 0.2) is 11.6 Å². The fourth-order valence-electron chi connectivity index (χ4n) is 3.59. The van der Waals surface area contributed by atoms with E-state index in [0.29, 0.717) is 30.3 Å². The molecule has 0 bridgehead atoms. The van der Waals surface area contributed by atoms with Crippen molar-refractivity contribution in [2.45, 2.75) is 12.7 Å². The van der Waals surface area contributed by atoms with Crippen molar-refractivity contribution in [1.82, 2.24) is 30.3 Å². The maximum absolute atomic E-state index is 12.1. The van der Waals surface area contributed by atoms with Crippen molar-refractivity contribution in [3.8, 4) is 0 Å². The summed E-state index contributed by atoms with van der Waals surface area (Å²) in [7, 11) is 1.60. The molecule has 10 heteroatoms. The van der Waals surface area contributed by atoms with Gasteiger partial charge in [0.05, 0.1) is 24.2 Å². The second-order valence-electron chi connectivity index (χ2n) is 7.18. The molecule has 31 heavy (non-hydrogen) atoms. The Morgan fingerprint density at radius 3 is 2.97 bits per heavy atom. The Balaban J connectivity index is 1.36. The predicted molar refractivity (Wildman–Crippen MR) is 118 cm³/mol. The number of carbonyl (C=O) groups is 1. The molecule has 1 unspecified atom stereocenters. The van der Waals surface area contributed by atoms with E-state index in [2.05, 4.69) is 47.6 Å². The lowest BCUT2D eigenvalue weighted by atomic mass is 10.1. The normalized spacial score (nSPS) is 14.9. The molecule has 0 spiro atoms. The van der Waals surface area contributed by atoms with Crippen LogP contribution in [0.2, 0.25) is 0 Å². The average molecular weight is 415 g/mol. The molecule has 0 saturated carbocycles. The number of hydrogen-bond acceptors (Lipinski definition) is 8. The molecule has 3 aromatic heterocycles. The third-order valence-corrected chi connectivity index (χ3v) is 5.11. The molecule has 0 aliphatic carbocycles. The molecular weight excluding hydrogens is 394 g/mol. The highest BCUT2D eigenvalue weighted by Crippen LogP contribution is 2.25. The number of rotatable bonds is 5.